The molecule has 0 spiro atoms. The number of aryl methyl sites for hydroxylation is 1. The molecule has 0 radical (unpaired) electrons. The van der Waals surface area contributed by atoms with E-state index in [0.29, 0.717) is 6.42 Å². The van der Waals surface area contributed by atoms with E-state index in [4.69, 9.17) is 14.5 Å². The lowest BCUT2D eigenvalue weighted by Gasteiger charge is -2.39. The second kappa shape index (κ2) is 8.13. The predicted molar refractivity (Wildman–Crippen MR) is 122 cm³/mol. The average molecular weight is 421 g/mol. The summed E-state index contributed by atoms with van der Waals surface area (Å²) in [5.41, 5.74) is 5.83. The third-order valence-corrected chi connectivity index (χ3v) is 6.42. The standard InChI is InChI=1S/C24H28N4O3/c1-30-21-14-16-7-8-25-24(19(16)15-22(21)31-2)28-11-9-27(10-12-28)18-4-5-20-17(13-18)3-6-23(29)26-20/h4-5,13-15H,3,6-12H2,1-2H3,(H,26,29). The molecule has 1 fully saturated rings. The number of amidine groups is 1. The van der Waals surface area contributed by atoms with Crippen LogP contribution in [0.3, 0.4) is 0 Å². The average Bonchev–Trinajstić information content (AvgIpc) is 2.82. The summed E-state index contributed by atoms with van der Waals surface area (Å²) in [5, 5.41) is 2.97. The second-order valence-electron chi connectivity index (χ2n) is 8.18. The van der Waals surface area contributed by atoms with Crippen LogP contribution in [0.2, 0.25) is 0 Å². The Labute approximate surface area is 182 Å². The van der Waals surface area contributed by atoms with Gasteiger partial charge in [0.05, 0.1) is 14.2 Å². The number of carbonyl (C=O) groups excluding carboxylic acids is 1. The van der Waals surface area contributed by atoms with Crippen molar-refractivity contribution >= 4 is 23.1 Å². The molecule has 2 aromatic carbocycles. The number of piperazine rings is 1. The van der Waals surface area contributed by atoms with Gasteiger partial charge in [-0.3, -0.25) is 9.79 Å². The van der Waals surface area contributed by atoms with Crippen molar-refractivity contribution in [1.82, 2.24) is 4.90 Å². The molecule has 3 aliphatic heterocycles. The van der Waals surface area contributed by atoms with E-state index >= 15 is 0 Å². The topological polar surface area (TPSA) is 66.4 Å². The minimum atomic E-state index is 0.108. The van der Waals surface area contributed by atoms with Crippen LogP contribution in [0.4, 0.5) is 11.4 Å². The Bertz CT molecular complexity index is 1040. The van der Waals surface area contributed by atoms with Crippen molar-refractivity contribution in [3.63, 3.8) is 0 Å². The van der Waals surface area contributed by atoms with Gasteiger partial charge in [-0.15, -0.1) is 0 Å². The molecule has 0 aliphatic carbocycles. The highest BCUT2D eigenvalue weighted by Crippen LogP contribution is 2.34. The van der Waals surface area contributed by atoms with Crippen molar-refractivity contribution in [1.29, 1.82) is 0 Å². The molecular weight excluding hydrogens is 392 g/mol. The van der Waals surface area contributed by atoms with Crippen molar-refractivity contribution < 1.29 is 14.3 Å². The van der Waals surface area contributed by atoms with Gasteiger partial charge in [-0.25, -0.2) is 0 Å². The first-order valence-electron chi connectivity index (χ1n) is 10.9. The Morgan fingerprint density at radius 1 is 0.871 bits per heavy atom. The summed E-state index contributed by atoms with van der Waals surface area (Å²) >= 11 is 0. The number of hydrogen-bond donors (Lipinski definition) is 1. The fourth-order valence-corrected chi connectivity index (χ4v) is 4.72. The summed E-state index contributed by atoms with van der Waals surface area (Å²) in [6.07, 6.45) is 2.30. The van der Waals surface area contributed by atoms with Crippen LogP contribution in [0.5, 0.6) is 11.5 Å². The molecule has 7 nitrogen and oxygen atoms in total. The molecule has 7 heteroatoms. The molecule has 2 aromatic rings. The van der Waals surface area contributed by atoms with Crippen molar-refractivity contribution in [2.24, 2.45) is 4.99 Å². The van der Waals surface area contributed by atoms with Gasteiger partial charge in [-0.2, -0.15) is 0 Å². The number of hydrogen-bond acceptors (Lipinski definition) is 6. The molecule has 1 amide bonds. The van der Waals surface area contributed by atoms with Gasteiger partial charge < -0.3 is 24.6 Å². The quantitative estimate of drug-likeness (QED) is 0.827. The fourth-order valence-electron chi connectivity index (χ4n) is 4.72. The Hall–Kier alpha value is -3.22. The first-order chi connectivity index (χ1) is 15.2. The number of nitrogens with one attached hydrogen (secondary N) is 1. The molecule has 1 saturated heterocycles. The maximum absolute atomic E-state index is 11.6. The lowest BCUT2D eigenvalue weighted by atomic mass is 9.98. The highest BCUT2D eigenvalue weighted by atomic mass is 16.5. The van der Waals surface area contributed by atoms with Gasteiger partial charge in [-0.1, -0.05) is 0 Å². The molecule has 0 unspecified atom stereocenters. The number of ether oxygens (including phenoxy) is 2. The lowest BCUT2D eigenvalue weighted by Crippen LogP contribution is -2.49. The Kier molecular flexibility index (Phi) is 5.18. The van der Waals surface area contributed by atoms with E-state index in [1.165, 1.54) is 16.8 Å². The molecule has 0 aromatic heterocycles. The fraction of sp³-hybridized carbons (Fsp3) is 0.417. The van der Waals surface area contributed by atoms with E-state index in [2.05, 4.69) is 39.4 Å². The molecule has 0 saturated carbocycles. The van der Waals surface area contributed by atoms with Crippen molar-refractivity contribution in [2.75, 3.05) is 57.2 Å². The molecule has 3 aliphatic rings. The van der Waals surface area contributed by atoms with Gasteiger partial charge in [0.15, 0.2) is 11.5 Å². The molecule has 162 valence electrons. The third-order valence-electron chi connectivity index (χ3n) is 6.42. The number of methoxy groups -OCH3 is 2. The minimum Gasteiger partial charge on any atom is -0.493 e. The summed E-state index contributed by atoms with van der Waals surface area (Å²) < 4.78 is 11.0. The van der Waals surface area contributed by atoms with Crippen LogP contribution in [0.25, 0.3) is 0 Å². The number of rotatable bonds is 3. The summed E-state index contributed by atoms with van der Waals surface area (Å²) in [6, 6.07) is 10.5. The van der Waals surface area contributed by atoms with E-state index in [1.54, 1.807) is 14.2 Å². The zero-order valence-electron chi connectivity index (χ0n) is 18.1. The summed E-state index contributed by atoms with van der Waals surface area (Å²) in [6.45, 7) is 4.51. The van der Waals surface area contributed by atoms with Crippen LogP contribution in [0.1, 0.15) is 23.1 Å². The highest BCUT2D eigenvalue weighted by molar-refractivity contribution is 6.01. The Balaban J connectivity index is 1.32. The first-order valence-corrected chi connectivity index (χ1v) is 10.9. The first kappa shape index (κ1) is 19.7. The van der Waals surface area contributed by atoms with Crippen LogP contribution in [0, 0.1) is 0 Å². The summed E-state index contributed by atoms with van der Waals surface area (Å²) in [7, 11) is 3.35. The number of amides is 1. The number of benzene rings is 2. The van der Waals surface area contributed by atoms with E-state index in [-0.39, 0.29) is 5.91 Å². The Morgan fingerprint density at radius 3 is 2.39 bits per heavy atom. The van der Waals surface area contributed by atoms with Crippen LogP contribution in [0.15, 0.2) is 35.3 Å². The number of aliphatic imine (C=N–C) groups is 1. The van der Waals surface area contributed by atoms with Gasteiger partial charge in [-0.05, 0) is 54.3 Å². The normalized spacial score (nSPS) is 18.0. The van der Waals surface area contributed by atoms with Crippen LogP contribution in [-0.4, -0.2) is 63.6 Å². The lowest BCUT2D eigenvalue weighted by molar-refractivity contribution is -0.116. The van der Waals surface area contributed by atoms with Gasteiger partial charge in [0.25, 0.3) is 0 Å². The number of fused-ring (bicyclic) bond motifs is 2. The van der Waals surface area contributed by atoms with E-state index in [1.807, 2.05) is 6.07 Å². The van der Waals surface area contributed by atoms with E-state index in [0.717, 1.165) is 74.2 Å². The summed E-state index contributed by atoms with van der Waals surface area (Å²) in [5.74, 6) is 2.69. The third kappa shape index (κ3) is 3.69. The number of nitrogens with zero attached hydrogens (tertiary/aromatic N) is 3. The zero-order valence-corrected chi connectivity index (χ0v) is 18.1. The van der Waals surface area contributed by atoms with Crippen LogP contribution >= 0.6 is 0 Å². The smallest absolute Gasteiger partial charge is 0.224 e. The molecule has 5 rings (SSSR count). The molecule has 31 heavy (non-hydrogen) atoms. The van der Waals surface area contributed by atoms with Crippen molar-refractivity contribution in [2.45, 2.75) is 19.3 Å². The predicted octanol–water partition coefficient (Wildman–Crippen LogP) is 2.71. The maximum atomic E-state index is 11.6. The second-order valence-corrected chi connectivity index (χ2v) is 8.18. The monoisotopic (exact) mass is 420 g/mol. The maximum Gasteiger partial charge on any atom is 0.224 e. The number of anilines is 2. The van der Waals surface area contributed by atoms with Gasteiger partial charge in [0, 0.05) is 56.1 Å². The highest BCUT2D eigenvalue weighted by Gasteiger charge is 2.26. The molecular formula is C24H28N4O3. The largest absolute Gasteiger partial charge is 0.493 e. The van der Waals surface area contributed by atoms with Gasteiger partial charge in [0.1, 0.15) is 5.84 Å². The number of carbonyl (C=O) groups is 1. The minimum absolute atomic E-state index is 0.108. The Morgan fingerprint density at radius 2 is 1.61 bits per heavy atom. The van der Waals surface area contributed by atoms with Crippen molar-refractivity contribution in [3.05, 3.63) is 47.0 Å². The SMILES string of the molecule is COc1cc2c(cc1OC)C(N1CCN(c3ccc4c(c3)CCC(=O)N4)CC1)=NCC2. The van der Waals surface area contributed by atoms with Crippen molar-refractivity contribution in [3.8, 4) is 11.5 Å². The van der Waals surface area contributed by atoms with E-state index in [9.17, 15) is 4.79 Å². The van der Waals surface area contributed by atoms with Crippen LogP contribution < -0.4 is 19.7 Å². The zero-order chi connectivity index (χ0) is 21.4. The molecule has 0 atom stereocenters. The summed E-state index contributed by atoms with van der Waals surface area (Å²) in [4.78, 5) is 21.3. The molecule has 1 N–H and O–H groups in total. The molecule has 0 bridgehead atoms. The van der Waals surface area contributed by atoms with E-state index < -0.39 is 0 Å². The van der Waals surface area contributed by atoms with Gasteiger partial charge in [0.2, 0.25) is 5.91 Å². The van der Waals surface area contributed by atoms with Crippen LogP contribution in [-0.2, 0) is 17.6 Å². The van der Waals surface area contributed by atoms with Gasteiger partial charge >= 0.3 is 0 Å². The molecule has 3 heterocycles.